The summed E-state index contributed by atoms with van der Waals surface area (Å²) in [6.07, 6.45) is -1.40. The third-order valence-corrected chi connectivity index (χ3v) is 10.7. The van der Waals surface area contributed by atoms with E-state index in [1.54, 1.807) is 31.2 Å². The summed E-state index contributed by atoms with van der Waals surface area (Å²) >= 11 is 0. The molecule has 3 aromatic carbocycles. The number of carbonyl (C=O) groups is 3. The van der Waals surface area contributed by atoms with Gasteiger partial charge in [0.1, 0.15) is 29.5 Å². The van der Waals surface area contributed by atoms with E-state index < -0.39 is 57.1 Å². The van der Waals surface area contributed by atoms with Crippen molar-refractivity contribution in [1.82, 2.24) is 9.88 Å². The summed E-state index contributed by atoms with van der Waals surface area (Å²) in [6, 6.07) is 11.8. The second-order valence-corrected chi connectivity index (χ2v) is 14.3. The topological polar surface area (TPSA) is 187 Å². The predicted molar refractivity (Wildman–Crippen MR) is 182 cm³/mol. The summed E-state index contributed by atoms with van der Waals surface area (Å²) in [5.41, 5.74) is 6.27. The fraction of sp³-hybridized carbons (Fsp3) is 0.314. The van der Waals surface area contributed by atoms with Gasteiger partial charge < -0.3 is 35.3 Å². The van der Waals surface area contributed by atoms with Gasteiger partial charge in [0.2, 0.25) is 5.91 Å². The van der Waals surface area contributed by atoms with Gasteiger partial charge in [0.15, 0.2) is 9.84 Å². The molecule has 13 nitrogen and oxygen atoms in total. The number of nitrogens with one attached hydrogen (secondary N) is 1. The van der Waals surface area contributed by atoms with Crippen LogP contribution in [-0.2, 0) is 24.1 Å². The summed E-state index contributed by atoms with van der Waals surface area (Å²) in [5, 5.41) is 13.2. The van der Waals surface area contributed by atoms with Gasteiger partial charge in [0.05, 0.1) is 35.5 Å². The van der Waals surface area contributed by atoms with Crippen molar-refractivity contribution in [3.8, 4) is 5.75 Å². The SMILES string of the molecule is CCOc1ccc(F)c([C@@H](Nc2ccc3c(N)nccc3c2)C(=O)N2CC[C@H](OC(=O)O)[C@H]2c2cc(C(=O)OC)ccc2S(=O)(=O)C(C)C)c1. The molecule has 1 aliphatic rings. The van der Waals surface area contributed by atoms with Crippen LogP contribution in [0.2, 0.25) is 0 Å². The van der Waals surface area contributed by atoms with E-state index in [4.69, 9.17) is 19.9 Å². The highest BCUT2D eigenvalue weighted by atomic mass is 32.2. The number of nitrogens with two attached hydrogens (primary N) is 1. The second kappa shape index (κ2) is 14.6. The lowest BCUT2D eigenvalue weighted by Crippen LogP contribution is -2.40. The van der Waals surface area contributed by atoms with E-state index in [1.807, 2.05) is 0 Å². The van der Waals surface area contributed by atoms with Crippen molar-refractivity contribution in [2.45, 2.75) is 55.5 Å². The van der Waals surface area contributed by atoms with Crippen LogP contribution >= 0.6 is 0 Å². The van der Waals surface area contributed by atoms with E-state index in [1.165, 1.54) is 61.3 Å². The van der Waals surface area contributed by atoms with Crippen LogP contribution in [0.25, 0.3) is 10.8 Å². The second-order valence-electron chi connectivity index (χ2n) is 11.9. The molecule has 1 aliphatic heterocycles. The van der Waals surface area contributed by atoms with Gasteiger partial charge in [-0.25, -0.2) is 27.4 Å². The number of amides is 1. The Balaban J connectivity index is 1.69. The number of halogens is 1. The van der Waals surface area contributed by atoms with Gasteiger partial charge in [-0.1, -0.05) is 0 Å². The van der Waals surface area contributed by atoms with Crippen molar-refractivity contribution in [1.29, 1.82) is 0 Å². The molecule has 0 aliphatic carbocycles. The first-order chi connectivity index (χ1) is 23.8. The number of sulfone groups is 1. The molecule has 2 heterocycles. The van der Waals surface area contributed by atoms with E-state index in [9.17, 15) is 27.9 Å². The van der Waals surface area contributed by atoms with Crippen LogP contribution in [0.1, 0.15) is 60.8 Å². The highest BCUT2D eigenvalue weighted by Crippen LogP contribution is 2.42. The lowest BCUT2D eigenvalue weighted by molar-refractivity contribution is -0.134. The van der Waals surface area contributed by atoms with Crippen LogP contribution in [-0.4, -0.2) is 73.1 Å². The minimum Gasteiger partial charge on any atom is -0.494 e. The van der Waals surface area contributed by atoms with Gasteiger partial charge in [-0.3, -0.25) is 4.79 Å². The number of anilines is 2. The Hall–Kier alpha value is -5.44. The lowest BCUT2D eigenvalue weighted by Gasteiger charge is -2.33. The normalized spacial score (nSPS) is 16.6. The first kappa shape index (κ1) is 35.9. The average molecular weight is 709 g/mol. The van der Waals surface area contributed by atoms with Crippen LogP contribution in [0.4, 0.5) is 20.7 Å². The predicted octanol–water partition coefficient (Wildman–Crippen LogP) is 5.51. The minimum atomic E-state index is -4.06. The Morgan fingerprint density at radius 1 is 1.10 bits per heavy atom. The number of esters is 1. The maximum atomic E-state index is 15.8. The van der Waals surface area contributed by atoms with Crippen molar-refractivity contribution in [3.63, 3.8) is 0 Å². The molecule has 0 spiro atoms. The number of likely N-dealkylation sites (tertiary alicyclic amines) is 1. The first-order valence-electron chi connectivity index (χ1n) is 15.8. The number of nitrogen functional groups attached to an aromatic ring is 1. The van der Waals surface area contributed by atoms with Gasteiger partial charge >= 0.3 is 12.1 Å². The van der Waals surface area contributed by atoms with Gasteiger partial charge in [0.25, 0.3) is 0 Å². The molecule has 1 fully saturated rings. The highest BCUT2D eigenvalue weighted by Gasteiger charge is 2.46. The number of rotatable bonds is 11. The maximum Gasteiger partial charge on any atom is 0.506 e. The van der Waals surface area contributed by atoms with Gasteiger partial charge in [-0.2, -0.15) is 0 Å². The summed E-state index contributed by atoms with van der Waals surface area (Å²) in [5.74, 6) is -1.67. The molecule has 3 atom stereocenters. The zero-order valence-electron chi connectivity index (χ0n) is 27.8. The number of ether oxygens (including phenoxy) is 3. The average Bonchev–Trinajstić information content (AvgIpc) is 3.49. The number of methoxy groups -OCH3 is 1. The molecule has 0 bridgehead atoms. The molecule has 15 heteroatoms. The fourth-order valence-electron chi connectivity index (χ4n) is 6.07. The molecular formula is C35H37FN4O9S. The van der Waals surface area contributed by atoms with E-state index in [-0.39, 0.29) is 41.2 Å². The largest absolute Gasteiger partial charge is 0.506 e. The minimum absolute atomic E-state index is 0.0250. The standard InChI is InChI=1S/C35H37FN4O9S/c1-5-48-23-8-10-27(36)25(18-23)30(39-22-7-9-24-20(16-22)12-14-38-32(24)37)33(41)40-15-13-28(49-35(43)44)31(40)26-17-21(34(42)47-4)6-11-29(26)50(45,46)19(2)3/h6-12,14,16-19,28,30-31,39H,5,13,15H2,1-4H3,(H2,37,38)(H,43,44)/t28-,30+,31+/m0/s1. The summed E-state index contributed by atoms with van der Waals surface area (Å²) in [7, 11) is -2.91. The molecule has 4 N–H and O–H groups in total. The van der Waals surface area contributed by atoms with E-state index in [2.05, 4.69) is 10.3 Å². The summed E-state index contributed by atoms with van der Waals surface area (Å²) in [4.78, 5) is 44.5. The van der Waals surface area contributed by atoms with Crippen molar-refractivity contribution >= 4 is 50.1 Å². The van der Waals surface area contributed by atoms with Crippen molar-refractivity contribution in [2.75, 3.05) is 31.3 Å². The number of carboxylic acid groups (broad SMARTS) is 1. The number of carbonyl (C=O) groups excluding carboxylic acids is 2. The number of pyridine rings is 1. The quantitative estimate of drug-likeness (QED) is 0.166. The van der Waals surface area contributed by atoms with Crippen molar-refractivity contribution in [3.05, 3.63) is 89.4 Å². The molecule has 4 aromatic rings. The Morgan fingerprint density at radius 3 is 2.54 bits per heavy atom. The van der Waals surface area contributed by atoms with E-state index in [0.717, 1.165) is 7.11 Å². The molecule has 0 saturated carbocycles. The summed E-state index contributed by atoms with van der Waals surface area (Å²) < 4.78 is 58.8. The zero-order chi connectivity index (χ0) is 36.3. The molecule has 1 amide bonds. The molecule has 1 aromatic heterocycles. The number of benzene rings is 3. The number of hydrogen-bond donors (Lipinski definition) is 3. The monoisotopic (exact) mass is 708 g/mol. The number of fused-ring (bicyclic) bond motifs is 1. The molecule has 0 radical (unpaired) electrons. The Morgan fingerprint density at radius 2 is 1.86 bits per heavy atom. The molecule has 50 heavy (non-hydrogen) atoms. The van der Waals surface area contributed by atoms with Crippen LogP contribution in [0.3, 0.4) is 0 Å². The molecule has 5 rings (SSSR count). The summed E-state index contributed by atoms with van der Waals surface area (Å²) in [6.45, 7) is 4.86. The fourth-order valence-corrected chi connectivity index (χ4v) is 7.34. The zero-order valence-corrected chi connectivity index (χ0v) is 28.6. The number of hydrogen-bond acceptors (Lipinski definition) is 11. The van der Waals surface area contributed by atoms with E-state index >= 15 is 4.39 Å². The number of nitrogens with zero attached hydrogens (tertiary/aromatic N) is 2. The third kappa shape index (κ3) is 7.13. The third-order valence-electron chi connectivity index (χ3n) is 8.50. The smallest absolute Gasteiger partial charge is 0.494 e. The molecule has 264 valence electrons. The van der Waals surface area contributed by atoms with Crippen molar-refractivity contribution in [2.24, 2.45) is 0 Å². The Bertz CT molecular complexity index is 2060. The van der Waals surface area contributed by atoms with Crippen LogP contribution in [0, 0.1) is 5.82 Å². The molecule has 1 saturated heterocycles. The van der Waals surface area contributed by atoms with Crippen LogP contribution in [0.15, 0.2) is 71.8 Å². The van der Waals surface area contributed by atoms with E-state index in [0.29, 0.717) is 28.0 Å². The highest BCUT2D eigenvalue weighted by molar-refractivity contribution is 7.92. The van der Waals surface area contributed by atoms with Gasteiger partial charge in [-0.15, -0.1) is 0 Å². The Kier molecular flexibility index (Phi) is 10.5. The molecule has 0 unspecified atom stereocenters. The molecular weight excluding hydrogens is 671 g/mol. The first-order valence-corrected chi connectivity index (χ1v) is 17.3. The van der Waals surface area contributed by atoms with Gasteiger partial charge in [-0.05, 0) is 92.4 Å². The van der Waals surface area contributed by atoms with Crippen LogP contribution in [0.5, 0.6) is 5.75 Å². The lowest BCUT2D eigenvalue weighted by atomic mass is 9.97. The maximum absolute atomic E-state index is 15.8. The van der Waals surface area contributed by atoms with Crippen molar-refractivity contribution < 1.29 is 46.5 Å². The number of aromatic nitrogens is 1. The van der Waals surface area contributed by atoms with Gasteiger partial charge in [0, 0.05) is 35.8 Å². The van der Waals surface area contributed by atoms with Crippen LogP contribution < -0.4 is 15.8 Å². The Labute approximate surface area is 288 Å².